The van der Waals surface area contributed by atoms with Crippen LogP contribution in [0.15, 0.2) is 12.4 Å². The predicted octanol–water partition coefficient (Wildman–Crippen LogP) is 1.52. The van der Waals surface area contributed by atoms with Gasteiger partial charge in [0.05, 0.1) is 0 Å². The maximum absolute atomic E-state index is 5.41. The SMILES string of the molecule is Cc1cnc(N2CCC(NC3CCOCC3)CC2)nc1. The highest BCUT2D eigenvalue weighted by molar-refractivity contribution is 5.30. The highest BCUT2D eigenvalue weighted by atomic mass is 16.5. The minimum absolute atomic E-state index is 0.639. The van der Waals surface area contributed by atoms with Gasteiger partial charge in [-0.05, 0) is 38.2 Å². The largest absolute Gasteiger partial charge is 0.381 e. The van der Waals surface area contributed by atoms with Crippen LogP contribution in [0.4, 0.5) is 5.95 Å². The average molecular weight is 276 g/mol. The molecule has 0 saturated carbocycles. The fraction of sp³-hybridized carbons (Fsp3) is 0.733. The van der Waals surface area contributed by atoms with Gasteiger partial charge in [0, 0.05) is 50.8 Å². The van der Waals surface area contributed by atoms with Gasteiger partial charge in [-0.15, -0.1) is 0 Å². The summed E-state index contributed by atoms with van der Waals surface area (Å²) in [6.45, 7) is 5.93. The Morgan fingerprint density at radius 3 is 2.30 bits per heavy atom. The molecule has 1 aromatic heterocycles. The monoisotopic (exact) mass is 276 g/mol. The summed E-state index contributed by atoms with van der Waals surface area (Å²) in [5.41, 5.74) is 1.12. The van der Waals surface area contributed by atoms with Crippen LogP contribution >= 0.6 is 0 Å². The van der Waals surface area contributed by atoms with E-state index in [2.05, 4.69) is 20.2 Å². The zero-order chi connectivity index (χ0) is 13.8. The third-order valence-electron chi connectivity index (χ3n) is 4.24. The van der Waals surface area contributed by atoms with Gasteiger partial charge < -0.3 is 15.0 Å². The maximum atomic E-state index is 5.41. The van der Waals surface area contributed by atoms with Crippen molar-refractivity contribution in [1.29, 1.82) is 0 Å². The van der Waals surface area contributed by atoms with E-state index < -0.39 is 0 Å². The van der Waals surface area contributed by atoms with Crippen LogP contribution in [-0.4, -0.2) is 48.4 Å². The highest BCUT2D eigenvalue weighted by Gasteiger charge is 2.23. The minimum atomic E-state index is 0.639. The van der Waals surface area contributed by atoms with Crippen LogP contribution in [-0.2, 0) is 4.74 Å². The number of aromatic nitrogens is 2. The standard InChI is InChI=1S/C15H24N4O/c1-12-10-16-15(17-11-12)19-6-2-13(3-7-19)18-14-4-8-20-9-5-14/h10-11,13-14,18H,2-9H2,1H3. The first kappa shape index (κ1) is 13.8. The molecule has 1 aromatic rings. The first-order valence-electron chi connectivity index (χ1n) is 7.68. The Hall–Kier alpha value is -1.20. The van der Waals surface area contributed by atoms with Crippen LogP contribution in [0.2, 0.25) is 0 Å². The van der Waals surface area contributed by atoms with Crippen LogP contribution in [0.25, 0.3) is 0 Å². The summed E-state index contributed by atoms with van der Waals surface area (Å²) < 4.78 is 5.41. The molecule has 110 valence electrons. The Morgan fingerprint density at radius 1 is 1.05 bits per heavy atom. The summed E-state index contributed by atoms with van der Waals surface area (Å²) in [5.74, 6) is 0.875. The molecule has 2 aliphatic rings. The molecule has 2 aliphatic heterocycles. The van der Waals surface area contributed by atoms with Crippen molar-refractivity contribution in [2.75, 3.05) is 31.2 Å². The lowest BCUT2D eigenvalue weighted by atomic mass is 10.0. The van der Waals surface area contributed by atoms with Crippen LogP contribution < -0.4 is 10.2 Å². The van der Waals surface area contributed by atoms with Crippen molar-refractivity contribution in [1.82, 2.24) is 15.3 Å². The van der Waals surface area contributed by atoms with E-state index in [4.69, 9.17) is 4.74 Å². The molecule has 2 fully saturated rings. The lowest BCUT2D eigenvalue weighted by molar-refractivity contribution is 0.0738. The van der Waals surface area contributed by atoms with E-state index in [9.17, 15) is 0 Å². The van der Waals surface area contributed by atoms with E-state index >= 15 is 0 Å². The molecule has 0 atom stereocenters. The maximum Gasteiger partial charge on any atom is 0.225 e. The first-order valence-corrected chi connectivity index (χ1v) is 7.68. The summed E-state index contributed by atoms with van der Waals surface area (Å²) >= 11 is 0. The molecular weight excluding hydrogens is 252 g/mol. The van der Waals surface area contributed by atoms with Gasteiger partial charge in [-0.25, -0.2) is 9.97 Å². The second-order valence-electron chi connectivity index (χ2n) is 5.88. The Kier molecular flexibility index (Phi) is 4.47. The quantitative estimate of drug-likeness (QED) is 0.907. The van der Waals surface area contributed by atoms with Crippen molar-refractivity contribution >= 4 is 5.95 Å². The highest BCUT2D eigenvalue weighted by Crippen LogP contribution is 2.17. The van der Waals surface area contributed by atoms with E-state index in [0.717, 1.165) is 50.7 Å². The molecule has 0 bridgehead atoms. The van der Waals surface area contributed by atoms with Crippen molar-refractivity contribution in [3.05, 3.63) is 18.0 Å². The Morgan fingerprint density at radius 2 is 1.65 bits per heavy atom. The number of aryl methyl sites for hydroxylation is 1. The van der Waals surface area contributed by atoms with Gasteiger partial charge in [0.2, 0.25) is 5.95 Å². The lowest BCUT2D eigenvalue weighted by Crippen LogP contribution is -2.48. The number of rotatable bonds is 3. The lowest BCUT2D eigenvalue weighted by Gasteiger charge is -2.35. The minimum Gasteiger partial charge on any atom is -0.381 e. The van der Waals surface area contributed by atoms with Crippen LogP contribution in [0.5, 0.6) is 0 Å². The third-order valence-corrected chi connectivity index (χ3v) is 4.24. The molecule has 20 heavy (non-hydrogen) atoms. The molecule has 0 aliphatic carbocycles. The number of hydrogen-bond acceptors (Lipinski definition) is 5. The molecular formula is C15H24N4O. The molecule has 3 heterocycles. The fourth-order valence-electron chi connectivity index (χ4n) is 2.99. The van der Waals surface area contributed by atoms with Crippen molar-refractivity contribution in [3.63, 3.8) is 0 Å². The summed E-state index contributed by atoms with van der Waals surface area (Å²) in [7, 11) is 0. The second kappa shape index (κ2) is 6.50. The Bertz CT molecular complexity index is 408. The van der Waals surface area contributed by atoms with E-state index in [1.165, 1.54) is 12.8 Å². The molecule has 3 rings (SSSR count). The zero-order valence-electron chi connectivity index (χ0n) is 12.2. The molecule has 0 radical (unpaired) electrons. The number of anilines is 1. The van der Waals surface area contributed by atoms with Gasteiger partial charge in [0.25, 0.3) is 0 Å². The Balaban J connectivity index is 1.47. The van der Waals surface area contributed by atoms with Gasteiger partial charge in [-0.1, -0.05) is 0 Å². The van der Waals surface area contributed by atoms with E-state index in [1.54, 1.807) is 0 Å². The third kappa shape index (κ3) is 3.46. The zero-order valence-corrected chi connectivity index (χ0v) is 12.2. The van der Waals surface area contributed by atoms with Gasteiger partial charge in [0.15, 0.2) is 0 Å². The average Bonchev–Trinajstić information content (AvgIpc) is 2.50. The van der Waals surface area contributed by atoms with Crippen molar-refractivity contribution in [3.8, 4) is 0 Å². The summed E-state index contributed by atoms with van der Waals surface area (Å²) in [5, 5.41) is 3.79. The molecule has 0 spiro atoms. The van der Waals surface area contributed by atoms with Crippen molar-refractivity contribution < 1.29 is 4.74 Å². The molecule has 0 unspecified atom stereocenters. The van der Waals surface area contributed by atoms with Crippen LogP contribution in [0.3, 0.4) is 0 Å². The van der Waals surface area contributed by atoms with Gasteiger partial charge >= 0.3 is 0 Å². The summed E-state index contributed by atoms with van der Waals surface area (Å²) in [6.07, 6.45) is 8.45. The molecule has 2 saturated heterocycles. The predicted molar refractivity (Wildman–Crippen MR) is 79.0 cm³/mol. The van der Waals surface area contributed by atoms with Crippen LogP contribution in [0.1, 0.15) is 31.2 Å². The number of hydrogen-bond donors (Lipinski definition) is 1. The van der Waals surface area contributed by atoms with E-state index in [1.807, 2.05) is 19.3 Å². The van der Waals surface area contributed by atoms with E-state index in [0.29, 0.717) is 12.1 Å². The molecule has 5 heteroatoms. The Labute approximate surface area is 120 Å². The van der Waals surface area contributed by atoms with Gasteiger partial charge in [-0.2, -0.15) is 0 Å². The molecule has 0 amide bonds. The summed E-state index contributed by atoms with van der Waals surface area (Å²) in [6, 6.07) is 1.29. The molecule has 1 N–H and O–H groups in total. The van der Waals surface area contributed by atoms with Gasteiger partial charge in [-0.3, -0.25) is 0 Å². The number of nitrogens with one attached hydrogen (secondary N) is 1. The van der Waals surface area contributed by atoms with E-state index in [-0.39, 0.29) is 0 Å². The first-order chi connectivity index (χ1) is 9.81. The topological polar surface area (TPSA) is 50.3 Å². The molecule has 0 aromatic carbocycles. The van der Waals surface area contributed by atoms with Crippen LogP contribution in [0, 0.1) is 6.92 Å². The molecule has 5 nitrogen and oxygen atoms in total. The number of ether oxygens (including phenoxy) is 1. The fourth-order valence-corrected chi connectivity index (χ4v) is 2.99. The second-order valence-corrected chi connectivity index (χ2v) is 5.88. The smallest absolute Gasteiger partial charge is 0.225 e. The summed E-state index contributed by atoms with van der Waals surface area (Å²) in [4.78, 5) is 11.1. The van der Waals surface area contributed by atoms with Gasteiger partial charge in [0.1, 0.15) is 0 Å². The van der Waals surface area contributed by atoms with Crippen molar-refractivity contribution in [2.45, 2.75) is 44.7 Å². The number of piperidine rings is 1. The normalized spacial score (nSPS) is 22.1. The number of nitrogens with zero attached hydrogens (tertiary/aromatic N) is 3. The van der Waals surface area contributed by atoms with Crippen molar-refractivity contribution in [2.24, 2.45) is 0 Å².